The summed E-state index contributed by atoms with van der Waals surface area (Å²) in [5.74, 6) is 1.38. The van der Waals surface area contributed by atoms with Crippen molar-refractivity contribution in [2.75, 3.05) is 7.11 Å². The Morgan fingerprint density at radius 3 is 2.60 bits per heavy atom. The highest BCUT2D eigenvalue weighted by molar-refractivity contribution is 5.75. The first kappa shape index (κ1) is 12.3. The minimum absolute atomic E-state index is 0.254. The predicted octanol–water partition coefficient (Wildman–Crippen LogP) is 2.10. The largest absolute Gasteiger partial charge is 0.497 e. The lowest BCUT2D eigenvalue weighted by atomic mass is 10.2. The van der Waals surface area contributed by atoms with Crippen molar-refractivity contribution < 1.29 is 4.74 Å². The van der Waals surface area contributed by atoms with Gasteiger partial charge in [-0.25, -0.2) is 4.98 Å². The molecule has 2 heterocycles. The van der Waals surface area contributed by atoms with Crippen LogP contribution in [0.2, 0.25) is 0 Å². The van der Waals surface area contributed by atoms with Crippen LogP contribution in [-0.4, -0.2) is 21.6 Å². The van der Waals surface area contributed by atoms with E-state index in [1.54, 1.807) is 32.4 Å². The number of aromatic nitrogens is 3. The van der Waals surface area contributed by atoms with Gasteiger partial charge in [-0.3, -0.25) is 9.36 Å². The molecule has 20 heavy (non-hydrogen) atoms. The van der Waals surface area contributed by atoms with Crippen molar-refractivity contribution in [3.8, 4) is 11.4 Å². The molecule has 0 unspecified atom stereocenters. The van der Waals surface area contributed by atoms with E-state index < -0.39 is 0 Å². The number of ether oxygens (including phenoxy) is 1. The lowest BCUT2D eigenvalue weighted by Gasteiger charge is -2.12. The van der Waals surface area contributed by atoms with Gasteiger partial charge in [-0.2, -0.15) is 4.98 Å². The molecule has 1 aromatic carbocycles. The SMILES string of the molecule is COc1ccc(-n2c(C)nc(=O)c3cccnc32)cc1. The van der Waals surface area contributed by atoms with Gasteiger partial charge in [0.05, 0.1) is 12.5 Å². The molecule has 0 radical (unpaired) electrons. The maximum absolute atomic E-state index is 11.9. The number of hydrogen-bond donors (Lipinski definition) is 0. The molecule has 0 atom stereocenters. The average Bonchev–Trinajstić information content (AvgIpc) is 2.48. The molecule has 5 nitrogen and oxygen atoms in total. The molecule has 5 heteroatoms. The highest BCUT2D eigenvalue weighted by atomic mass is 16.5. The molecule has 0 spiro atoms. The Hall–Kier alpha value is -2.69. The quantitative estimate of drug-likeness (QED) is 0.713. The molecule has 0 aliphatic rings. The summed E-state index contributed by atoms with van der Waals surface area (Å²) in [6.07, 6.45) is 1.67. The smallest absolute Gasteiger partial charge is 0.282 e. The molecule has 0 saturated heterocycles. The molecular formula is C15H13N3O2. The molecule has 2 aromatic heterocycles. The van der Waals surface area contributed by atoms with Crippen LogP contribution >= 0.6 is 0 Å². The van der Waals surface area contributed by atoms with Gasteiger partial charge in [0.2, 0.25) is 0 Å². The fourth-order valence-electron chi connectivity index (χ4n) is 2.19. The lowest BCUT2D eigenvalue weighted by molar-refractivity contribution is 0.414. The molecular weight excluding hydrogens is 254 g/mol. The van der Waals surface area contributed by atoms with Gasteiger partial charge in [-0.1, -0.05) is 0 Å². The number of hydrogen-bond acceptors (Lipinski definition) is 4. The minimum atomic E-state index is -0.254. The van der Waals surface area contributed by atoms with Crippen LogP contribution in [0, 0.1) is 6.92 Å². The fourth-order valence-corrected chi connectivity index (χ4v) is 2.19. The van der Waals surface area contributed by atoms with E-state index in [2.05, 4.69) is 9.97 Å². The zero-order chi connectivity index (χ0) is 14.1. The Kier molecular flexibility index (Phi) is 2.95. The van der Waals surface area contributed by atoms with Crippen LogP contribution in [0.5, 0.6) is 5.75 Å². The number of benzene rings is 1. The third-order valence-corrected chi connectivity index (χ3v) is 3.15. The van der Waals surface area contributed by atoms with Gasteiger partial charge in [0.25, 0.3) is 5.56 Å². The van der Waals surface area contributed by atoms with Gasteiger partial charge in [0, 0.05) is 11.9 Å². The molecule has 0 fully saturated rings. The zero-order valence-corrected chi connectivity index (χ0v) is 11.2. The average molecular weight is 267 g/mol. The van der Waals surface area contributed by atoms with Crippen molar-refractivity contribution >= 4 is 11.0 Å². The second-order valence-corrected chi connectivity index (χ2v) is 4.37. The molecule has 0 N–H and O–H groups in total. The lowest BCUT2D eigenvalue weighted by Crippen LogP contribution is -2.16. The number of aryl methyl sites for hydroxylation is 1. The number of fused-ring (bicyclic) bond motifs is 1. The van der Waals surface area contributed by atoms with Crippen LogP contribution in [0.3, 0.4) is 0 Å². The second kappa shape index (κ2) is 4.77. The number of nitrogens with zero attached hydrogens (tertiary/aromatic N) is 3. The number of methoxy groups -OCH3 is 1. The van der Waals surface area contributed by atoms with E-state index in [4.69, 9.17) is 4.74 Å². The molecule has 0 saturated carbocycles. The summed E-state index contributed by atoms with van der Waals surface area (Å²) in [5.41, 5.74) is 1.24. The molecule has 0 bridgehead atoms. The van der Waals surface area contributed by atoms with Gasteiger partial charge in [-0.05, 0) is 43.3 Å². The van der Waals surface area contributed by atoms with Crippen LogP contribution in [0.4, 0.5) is 0 Å². The van der Waals surface area contributed by atoms with Gasteiger partial charge in [0.15, 0.2) is 5.65 Å². The monoisotopic (exact) mass is 267 g/mol. The Labute approximate surface area is 115 Å². The van der Waals surface area contributed by atoms with Crippen molar-refractivity contribution in [3.63, 3.8) is 0 Å². The van der Waals surface area contributed by atoms with Crippen molar-refractivity contribution in [1.82, 2.24) is 14.5 Å². The van der Waals surface area contributed by atoms with Gasteiger partial charge < -0.3 is 4.74 Å². The second-order valence-electron chi connectivity index (χ2n) is 4.37. The summed E-state index contributed by atoms with van der Waals surface area (Å²) in [7, 11) is 1.62. The zero-order valence-electron chi connectivity index (χ0n) is 11.2. The van der Waals surface area contributed by atoms with Crippen LogP contribution in [0.25, 0.3) is 16.7 Å². The molecule has 0 aliphatic carbocycles. The van der Waals surface area contributed by atoms with Crippen LogP contribution in [0.15, 0.2) is 47.4 Å². The minimum Gasteiger partial charge on any atom is -0.497 e. The van der Waals surface area contributed by atoms with Crippen LogP contribution in [-0.2, 0) is 0 Å². The molecule has 0 aliphatic heterocycles. The summed E-state index contributed by atoms with van der Waals surface area (Å²) in [6, 6.07) is 11.0. The van der Waals surface area contributed by atoms with E-state index in [1.165, 1.54) is 0 Å². The Bertz CT molecular complexity index is 823. The summed E-state index contributed by atoms with van der Waals surface area (Å²) in [6.45, 7) is 1.79. The molecule has 3 aromatic rings. The molecule has 100 valence electrons. The Balaban J connectivity index is 2.32. The topological polar surface area (TPSA) is 57.0 Å². The molecule has 0 amide bonds. The Morgan fingerprint density at radius 1 is 1.15 bits per heavy atom. The van der Waals surface area contributed by atoms with Crippen molar-refractivity contribution in [2.24, 2.45) is 0 Å². The third kappa shape index (κ3) is 1.93. The van der Waals surface area contributed by atoms with E-state index in [0.717, 1.165) is 11.4 Å². The number of pyridine rings is 1. The van der Waals surface area contributed by atoms with Crippen molar-refractivity contribution in [2.45, 2.75) is 6.92 Å². The maximum Gasteiger partial charge on any atom is 0.282 e. The predicted molar refractivity (Wildman–Crippen MR) is 76.4 cm³/mol. The van der Waals surface area contributed by atoms with E-state index in [-0.39, 0.29) is 5.56 Å². The summed E-state index contributed by atoms with van der Waals surface area (Å²) < 4.78 is 7.01. The Morgan fingerprint density at radius 2 is 1.90 bits per heavy atom. The first-order valence-corrected chi connectivity index (χ1v) is 6.19. The van der Waals surface area contributed by atoms with Crippen LogP contribution in [0.1, 0.15) is 5.82 Å². The highest BCUT2D eigenvalue weighted by Crippen LogP contribution is 2.19. The summed E-state index contributed by atoms with van der Waals surface area (Å²) in [5, 5.41) is 0.508. The van der Waals surface area contributed by atoms with Gasteiger partial charge >= 0.3 is 0 Å². The van der Waals surface area contributed by atoms with Gasteiger partial charge in [0.1, 0.15) is 11.6 Å². The normalized spacial score (nSPS) is 10.7. The first-order chi connectivity index (χ1) is 9.70. The highest BCUT2D eigenvalue weighted by Gasteiger charge is 2.10. The van der Waals surface area contributed by atoms with Gasteiger partial charge in [-0.15, -0.1) is 0 Å². The summed E-state index contributed by atoms with van der Waals surface area (Å²) >= 11 is 0. The van der Waals surface area contributed by atoms with E-state index >= 15 is 0 Å². The van der Waals surface area contributed by atoms with E-state index in [0.29, 0.717) is 16.9 Å². The molecule has 3 rings (SSSR count). The first-order valence-electron chi connectivity index (χ1n) is 6.19. The third-order valence-electron chi connectivity index (χ3n) is 3.15. The maximum atomic E-state index is 11.9. The fraction of sp³-hybridized carbons (Fsp3) is 0.133. The van der Waals surface area contributed by atoms with E-state index in [1.807, 2.05) is 28.8 Å². The van der Waals surface area contributed by atoms with Crippen molar-refractivity contribution in [3.05, 3.63) is 58.8 Å². The van der Waals surface area contributed by atoms with Crippen molar-refractivity contribution in [1.29, 1.82) is 0 Å². The summed E-state index contributed by atoms with van der Waals surface area (Å²) in [4.78, 5) is 20.3. The van der Waals surface area contributed by atoms with E-state index in [9.17, 15) is 4.79 Å². The number of rotatable bonds is 2. The van der Waals surface area contributed by atoms with Crippen LogP contribution < -0.4 is 10.3 Å². The standard InChI is InChI=1S/C15H13N3O2/c1-10-17-15(19)13-4-3-9-16-14(13)18(10)11-5-7-12(20-2)8-6-11/h3-9H,1-2H3.